The summed E-state index contributed by atoms with van der Waals surface area (Å²) in [6, 6.07) is 10.4. The first kappa shape index (κ1) is 16.7. The van der Waals surface area contributed by atoms with Crippen LogP contribution in [-0.4, -0.2) is 46.8 Å². The van der Waals surface area contributed by atoms with Crippen molar-refractivity contribution in [2.75, 3.05) is 25.0 Å². The van der Waals surface area contributed by atoms with Gasteiger partial charge in [0.25, 0.3) is 0 Å². The van der Waals surface area contributed by atoms with Gasteiger partial charge in [-0.1, -0.05) is 30.3 Å². The van der Waals surface area contributed by atoms with Gasteiger partial charge in [-0.15, -0.1) is 0 Å². The third-order valence-electron chi connectivity index (χ3n) is 4.28. The van der Waals surface area contributed by atoms with E-state index in [9.17, 15) is 4.79 Å². The minimum atomic E-state index is -0.0741. The van der Waals surface area contributed by atoms with Crippen LogP contribution in [-0.2, 0) is 16.1 Å². The number of benzene rings is 1. The highest BCUT2D eigenvalue weighted by atomic mass is 16.5. The van der Waals surface area contributed by atoms with Crippen LogP contribution in [0.4, 0.5) is 5.69 Å². The number of aryl methyl sites for hydroxylation is 2. The molecule has 1 aromatic heterocycles. The summed E-state index contributed by atoms with van der Waals surface area (Å²) in [5.74, 6) is -0.0332. The second-order valence-electron chi connectivity index (χ2n) is 6.27. The number of carbonyl (C=O) groups excluding carboxylic acids is 1. The number of ether oxygens (including phenoxy) is 1. The Morgan fingerprint density at radius 2 is 2.17 bits per heavy atom. The summed E-state index contributed by atoms with van der Waals surface area (Å²) in [4.78, 5) is 14.6. The Balaban J connectivity index is 1.52. The molecule has 0 bridgehead atoms. The average molecular weight is 328 g/mol. The number of amides is 1. The molecule has 6 heteroatoms. The molecule has 24 heavy (non-hydrogen) atoms. The molecule has 0 spiro atoms. The third-order valence-corrected chi connectivity index (χ3v) is 4.28. The van der Waals surface area contributed by atoms with Crippen molar-refractivity contribution in [3.05, 3.63) is 47.3 Å². The number of nitrogens with one attached hydrogen (secondary N) is 2. The van der Waals surface area contributed by atoms with E-state index in [0.29, 0.717) is 13.0 Å². The molecule has 1 aromatic carbocycles. The van der Waals surface area contributed by atoms with Crippen molar-refractivity contribution in [2.24, 2.45) is 0 Å². The predicted molar refractivity (Wildman–Crippen MR) is 92.8 cm³/mol. The molecule has 128 valence electrons. The van der Waals surface area contributed by atoms with E-state index in [1.54, 1.807) is 0 Å². The fourth-order valence-electron chi connectivity index (χ4n) is 3.02. The van der Waals surface area contributed by atoms with E-state index in [1.807, 2.05) is 19.9 Å². The first-order valence-corrected chi connectivity index (χ1v) is 8.31. The Kier molecular flexibility index (Phi) is 5.27. The summed E-state index contributed by atoms with van der Waals surface area (Å²) in [5.41, 5.74) is 3.73. The zero-order valence-electron chi connectivity index (χ0n) is 14.2. The Bertz CT molecular complexity index is 664. The highest BCUT2D eigenvalue weighted by Gasteiger charge is 2.23. The molecule has 0 radical (unpaired) electrons. The van der Waals surface area contributed by atoms with Crippen molar-refractivity contribution in [3.63, 3.8) is 0 Å². The molecule has 0 saturated carbocycles. The van der Waals surface area contributed by atoms with E-state index >= 15 is 0 Å². The lowest BCUT2D eigenvalue weighted by Crippen LogP contribution is -2.43. The molecule has 2 heterocycles. The molecule has 1 amide bonds. The molecule has 0 unspecified atom stereocenters. The van der Waals surface area contributed by atoms with Gasteiger partial charge in [0.2, 0.25) is 5.91 Å². The molecule has 2 N–H and O–H groups in total. The summed E-state index contributed by atoms with van der Waals surface area (Å²) in [7, 11) is 0. The lowest BCUT2D eigenvalue weighted by Gasteiger charge is -2.32. The Labute approximate surface area is 142 Å². The second-order valence-corrected chi connectivity index (χ2v) is 6.27. The first-order valence-electron chi connectivity index (χ1n) is 8.31. The summed E-state index contributed by atoms with van der Waals surface area (Å²) in [6.07, 6.45) is 0.282. The molecule has 2 aromatic rings. The molecule has 0 aliphatic carbocycles. The lowest BCUT2D eigenvalue weighted by atomic mass is 10.1. The van der Waals surface area contributed by atoms with Crippen LogP contribution in [0.5, 0.6) is 0 Å². The number of H-pyrrole nitrogens is 1. The SMILES string of the molecule is Cc1n[nH]c(C)c1NC(=O)C[C@@H]1CN(Cc2ccccc2)CCO1. The first-order chi connectivity index (χ1) is 11.6. The molecule has 1 saturated heterocycles. The van der Waals surface area contributed by atoms with Crippen molar-refractivity contribution < 1.29 is 9.53 Å². The van der Waals surface area contributed by atoms with Crippen LogP contribution in [0.2, 0.25) is 0 Å². The van der Waals surface area contributed by atoms with Gasteiger partial charge in [0.15, 0.2) is 0 Å². The topological polar surface area (TPSA) is 70.2 Å². The van der Waals surface area contributed by atoms with Gasteiger partial charge in [-0.3, -0.25) is 14.8 Å². The zero-order chi connectivity index (χ0) is 16.9. The monoisotopic (exact) mass is 328 g/mol. The van der Waals surface area contributed by atoms with Crippen LogP contribution in [0.1, 0.15) is 23.4 Å². The molecule has 6 nitrogen and oxygen atoms in total. The maximum Gasteiger partial charge on any atom is 0.227 e. The number of rotatable bonds is 5. The van der Waals surface area contributed by atoms with Gasteiger partial charge in [0, 0.05) is 19.6 Å². The Morgan fingerprint density at radius 1 is 1.38 bits per heavy atom. The van der Waals surface area contributed by atoms with Gasteiger partial charge in [-0.25, -0.2) is 0 Å². The van der Waals surface area contributed by atoms with Crippen molar-refractivity contribution in [1.29, 1.82) is 0 Å². The minimum absolute atomic E-state index is 0.0332. The van der Waals surface area contributed by atoms with Crippen molar-refractivity contribution in [1.82, 2.24) is 15.1 Å². The largest absolute Gasteiger partial charge is 0.375 e. The van der Waals surface area contributed by atoms with Crippen LogP contribution in [0.15, 0.2) is 30.3 Å². The van der Waals surface area contributed by atoms with Crippen molar-refractivity contribution in [3.8, 4) is 0 Å². The smallest absolute Gasteiger partial charge is 0.227 e. The third kappa shape index (κ3) is 4.21. The standard InChI is InChI=1S/C18H24N4O2/c1-13-18(14(2)21-20-13)19-17(23)10-16-12-22(8-9-24-16)11-15-6-4-3-5-7-15/h3-7,16H,8-12H2,1-2H3,(H,19,23)(H,20,21)/t16-/m1/s1. The number of carbonyl (C=O) groups is 1. The fourth-order valence-corrected chi connectivity index (χ4v) is 3.02. The number of hydrogen-bond acceptors (Lipinski definition) is 4. The van der Waals surface area contributed by atoms with E-state index < -0.39 is 0 Å². The molecule has 1 aliphatic rings. The quantitative estimate of drug-likeness (QED) is 0.883. The average Bonchev–Trinajstić information content (AvgIpc) is 2.88. The minimum Gasteiger partial charge on any atom is -0.375 e. The van der Waals surface area contributed by atoms with Gasteiger partial charge < -0.3 is 10.1 Å². The number of aromatic amines is 1. The number of anilines is 1. The maximum atomic E-state index is 12.3. The summed E-state index contributed by atoms with van der Waals surface area (Å²) in [6.45, 7) is 6.99. The maximum absolute atomic E-state index is 12.3. The Hall–Kier alpha value is -2.18. The van der Waals surface area contributed by atoms with Crippen molar-refractivity contribution in [2.45, 2.75) is 32.9 Å². The van der Waals surface area contributed by atoms with E-state index in [4.69, 9.17) is 4.74 Å². The summed E-state index contributed by atoms with van der Waals surface area (Å²) in [5, 5.41) is 9.91. The second kappa shape index (κ2) is 7.59. The van der Waals surface area contributed by atoms with Crippen LogP contribution in [0.3, 0.4) is 0 Å². The Morgan fingerprint density at radius 3 is 2.88 bits per heavy atom. The predicted octanol–water partition coefficient (Wildman–Crippen LogP) is 2.26. The normalized spacial score (nSPS) is 18.5. The van der Waals surface area contributed by atoms with Crippen LogP contribution < -0.4 is 5.32 Å². The van der Waals surface area contributed by atoms with Gasteiger partial charge in [-0.2, -0.15) is 5.10 Å². The van der Waals surface area contributed by atoms with E-state index in [1.165, 1.54) is 5.56 Å². The molecule has 1 atom stereocenters. The summed E-state index contributed by atoms with van der Waals surface area (Å²) >= 11 is 0. The molecule has 3 rings (SSSR count). The number of nitrogens with zero attached hydrogens (tertiary/aromatic N) is 2. The lowest BCUT2D eigenvalue weighted by molar-refractivity contribution is -0.121. The fraction of sp³-hybridized carbons (Fsp3) is 0.444. The van der Waals surface area contributed by atoms with Crippen LogP contribution >= 0.6 is 0 Å². The number of hydrogen-bond donors (Lipinski definition) is 2. The van der Waals surface area contributed by atoms with E-state index in [0.717, 1.165) is 36.7 Å². The van der Waals surface area contributed by atoms with Gasteiger partial charge in [-0.05, 0) is 19.4 Å². The highest BCUT2D eigenvalue weighted by Crippen LogP contribution is 2.18. The van der Waals surface area contributed by atoms with Gasteiger partial charge in [0.05, 0.1) is 36.2 Å². The van der Waals surface area contributed by atoms with Gasteiger partial charge >= 0.3 is 0 Å². The molecule has 1 aliphatic heterocycles. The molecular formula is C18H24N4O2. The van der Waals surface area contributed by atoms with Crippen LogP contribution in [0, 0.1) is 13.8 Å². The van der Waals surface area contributed by atoms with Crippen molar-refractivity contribution >= 4 is 11.6 Å². The number of aromatic nitrogens is 2. The molecular weight excluding hydrogens is 304 g/mol. The van der Waals surface area contributed by atoms with E-state index in [2.05, 4.69) is 44.7 Å². The van der Waals surface area contributed by atoms with E-state index in [-0.39, 0.29) is 12.0 Å². The molecule has 1 fully saturated rings. The zero-order valence-corrected chi connectivity index (χ0v) is 14.2. The highest BCUT2D eigenvalue weighted by molar-refractivity contribution is 5.92. The number of morpholine rings is 1. The van der Waals surface area contributed by atoms with Crippen LogP contribution in [0.25, 0.3) is 0 Å². The summed E-state index contributed by atoms with van der Waals surface area (Å²) < 4.78 is 5.77. The van der Waals surface area contributed by atoms with Gasteiger partial charge in [0.1, 0.15) is 0 Å².